The van der Waals surface area contributed by atoms with E-state index in [0.717, 1.165) is 12.8 Å². The molecule has 0 atom stereocenters. The van der Waals surface area contributed by atoms with Crippen LogP contribution in [0, 0.1) is 0 Å². The molecule has 6 heteroatoms. The van der Waals surface area contributed by atoms with Crippen LogP contribution in [0.2, 0.25) is 0 Å². The lowest BCUT2D eigenvalue weighted by atomic mass is 10.3. The Morgan fingerprint density at radius 2 is 2.36 bits per heavy atom. The summed E-state index contributed by atoms with van der Waals surface area (Å²) in [4.78, 5) is 11.2. The Balaban J connectivity index is 2.27. The topological polar surface area (TPSA) is 68.0 Å². The average Bonchev–Trinajstić information content (AvgIpc) is 2.52. The van der Waals surface area contributed by atoms with Crippen molar-refractivity contribution >= 4 is 18.5 Å². The molecule has 5 nitrogen and oxygen atoms in total. The van der Waals surface area contributed by atoms with Crippen LogP contribution < -0.4 is 5.32 Å². The number of aromatic nitrogens is 2. The van der Waals surface area contributed by atoms with E-state index in [1.807, 2.05) is 0 Å². The van der Waals surface area contributed by atoms with E-state index in [-0.39, 0.29) is 17.6 Å². The van der Waals surface area contributed by atoms with Crippen LogP contribution in [0.1, 0.15) is 25.7 Å². The molecular formula is C8H13N3O2S. The van der Waals surface area contributed by atoms with Gasteiger partial charge in [0, 0.05) is 6.54 Å². The molecule has 0 saturated heterocycles. The third-order valence-corrected chi connectivity index (χ3v) is 1.80. The molecule has 0 aliphatic rings. The van der Waals surface area contributed by atoms with Gasteiger partial charge < -0.3 is 9.73 Å². The zero-order chi connectivity index (χ0) is 10.4. The Kier molecular flexibility index (Phi) is 4.45. The van der Waals surface area contributed by atoms with Crippen LogP contribution in [0.3, 0.4) is 0 Å². The molecule has 0 unspecified atom stereocenters. The number of thiol groups is 1. The molecule has 0 radical (unpaired) electrons. The van der Waals surface area contributed by atoms with Crippen molar-refractivity contribution in [3.63, 3.8) is 0 Å². The van der Waals surface area contributed by atoms with E-state index in [4.69, 9.17) is 4.42 Å². The predicted octanol–water partition coefficient (Wildman–Crippen LogP) is 0.817. The van der Waals surface area contributed by atoms with Gasteiger partial charge in [0.2, 0.25) is 11.8 Å². The molecule has 0 spiro atoms. The minimum atomic E-state index is -0.101. The second-order valence-corrected chi connectivity index (χ2v) is 3.24. The average molecular weight is 215 g/mol. The molecule has 1 aromatic rings. The fraction of sp³-hybridized carbons (Fsp3) is 0.625. The molecule has 1 N–H and O–H groups in total. The molecule has 0 aliphatic carbocycles. The summed E-state index contributed by atoms with van der Waals surface area (Å²) in [7, 11) is 0. The van der Waals surface area contributed by atoms with E-state index in [0.29, 0.717) is 12.4 Å². The fourth-order valence-electron chi connectivity index (χ4n) is 0.921. The second kappa shape index (κ2) is 5.64. The largest absolute Gasteiger partial charge is 0.416 e. The molecule has 0 aromatic carbocycles. The summed E-state index contributed by atoms with van der Waals surface area (Å²) in [6.07, 6.45) is 2.16. The third kappa shape index (κ3) is 3.78. The molecule has 0 bridgehead atoms. The fourth-order valence-corrected chi connectivity index (χ4v) is 1.07. The molecule has 14 heavy (non-hydrogen) atoms. The highest BCUT2D eigenvalue weighted by molar-refractivity contribution is 7.80. The van der Waals surface area contributed by atoms with E-state index >= 15 is 0 Å². The van der Waals surface area contributed by atoms with Crippen molar-refractivity contribution in [3.05, 3.63) is 5.89 Å². The van der Waals surface area contributed by atoms with E-state index in [1.165, 1.54) is 0 Å². The minimum Gasteiger partial charge on any atom is -0.416 e. The van der Waals surface area contributed by atoms with Crippen molar-refractivity contribution in [2.45, 2.75) is 31.4 Å². The lowest BCUT2D eigenvalue weighted by Crippen LogP contribution is -2.26. The third-order valence-electron chi connectivity index (χ3n) is 1.62. The molecule has 1 rings (SSSR count). The number of nitrogens with zero attached hydrogens (tertiary/aromatic N) is 2. The highest BCUT2D eigenvalue weighted by atomic mass is 32.1. The van der Waals surface area contributed by atoms with Gasteiger partial charge in [0.05, 0.1) is 0 Å². The van der Waals surface area contributed by atoms with E-state index in [1.54, 1.807) is 0 Å². The lowest BCUT2D eigenvalue weighted by molar-refractivity contribution is -0.120. The van der Waals surface area contributed by atoms with Crippen LogP contribution in [-0.2, 0) is 11.2 Å². The lowest BCUT2D eigenvalue weighted by Gasteiger charge is -2.00. The van der Waals surface area contributed by atoms with Crippen molar-refractivity contribution in [2.24, 2.45) is 0 Å². The Morgan fingerprint density at radius 3 is 2.93 bits per heavy atom. The van der Waals surface area contributed by atoms with Crippen molar-refractivity contribution in [1.29, 1.82) is 0 Å². The first-order valence-corrected chi connectivity index (χ1v) is 4.95. The number of carbonyl (C=O) groups is 1. The molecule has 0 saturated carbocycles. The van der Waals surface area contributed by atoms with Crippen LogP contribution in [-0.4, -0.2) is 22.6 Å². The summed E-state index contributed by atoms with van der Waals surface area (Å²) in [6, 6.07) is 0. The van der Waals surface area contributed by atoms with Gasteiger partial charge in [-0.25, -0.2) is 0 Å². The molecule has 1 aromatic heterocycles. The summed E-state index contributed by atoms with van der Waals surface area (Å²) in [5.41, 5.74) is 0. The normalized spacial score (nSPS) is 10.1. The van der Waals surface area contributed by atoms with Gasteiger partial charge >= 0.3 is 0 Å². The van der Waals surface area contributed by atoms with Gasteiger partial charge in [0.25, 0.3) is 5.22 Å². The second-order valence-electron chi connectivity index (χ2n) is 2.86. The van der Waals surface area contributed by atoms with Crippen LogP contribution in [0.15, 0.2) is 9.64 Å². The van der Waals surface area contributed by atoms with Gasteiger partial charge in [0.15, 0.2) is 0 Å². The molecular weight excluding hydrogens is 202 g/mol. The van der Waals surface area contributed by atoms with Crippen molar-refractivity contribution in [1.82, 2.24) is 15.5 Å². The first-order chi connectivity index (χ1) is 6.72. The number of unbranched alkanes of at least 4 members (excludes halogenated alkanes) is 1. The van der Waals surface area contributed by atoms with E-state index < -0.39 is 0 Å². The monoisotopic (exact) mass is 215 g/mol. The highest BCUT2D eigenvalue weighted by Gasteiger charge is 2.08. The number of hydrogen-bond acceptors (Lipinski definition) is 5. The summed E-state index contributed by atoms with van der Waals surface area (Å²) < 4.78 is 4.94. The molecule has 0 aliphatic heterocycles. The van der Waals surface area contributed by atoms with Crippen molar-refractivity contribution < 1.29 is 9.21 Å². The predicted molar refractivity (Wildman–Crippen MR) is 53.2 cm³/mol. The maximum atomic E-state index is 11.2. The smallest absolute Gasteiger partial charge is 0.273 e. The van der Waals surface area contributed by atoms with Crippen LogP contribution in [0.5, 0.6) is 0 Å². The van der Waals surface area contributed by atoms with Crippen LogP contribution >= 0.6 is 12.6 Å². The summed E-state index contributed by atoms with van der Waals surface area (Å²) >= 11 is 3.84. The summed E-state index contributed by atoms with van der Waals surface area (Å²) in [5, 5.41) is 10.1. The maximum absolute atomic E-state index is 11.2. The number of amides is 1. The van der Waals surface area contributed by atoms with Gasteiger partial charge in [0.1, 0.15) is 6.42 Å². The molecule has 1 heterocycles. The van der Waals surface area contributed by atoms with Gasteiger partial charge in [-0.05, 0) is 6.42 Å². The SMILES string of the molecule is CCCCNC(=O)Cc1nnc(S)o1. The molecule has 0 fully saturated rings. The Hall–Kier alpha value is -1.04. The van der Waals surface area contributed by atoms with E-state index in [2.05, 4.69) is 35.1 Å². The Labute approximate surface area is 87.7 Å². The van der Waals surface area contributed by atoms with Gasteiger partial charge in [-0.15, -0.1) is 10.2 Å². The van der Waals surface area contributed by atoms with Crippen LogP contribution in [0.25, 0.3) is 0 Å². The summed E-state index contributed by atoms with van der Waals surface area (Å²) in [6.45, 7) is 2.76. The first-order valence-electron chi connectivity index (χ1n) is 4.50. The van der Waals surface area contributed by atoms with Crippen LogP contribution in [0.4, 0.5) is 0 Å². The minimum absolute atomic E-state index is 0.101. The van der Waals surface area contributed by atoms with Gasteiger partial charge in [-0.2, -0.15) is 0 Å². The van der Waals surface area contributed by atoms with Gasteiger partial charge in [-0.1, -0.05) is 26.0 Å². The molecule has 1 amide bonds. The highest BCUT2D eigenvalue weighted by Crippen LogP contribution is 2.03. The standard InChI is InChI=1S/C8H13N3O2S/c1-2-3-4-9-6(12)5-7-10-11-8(14)13-7/h2-5H2,1H3,(H,9,12)(H,11,14). The molecule has 78 valence electrons. The number of nitrogens with one attached hydrogen (secondary N) is 1. The zero-order valence-corrected chi connectivity index (χ0v) is 8.88. The van der Waals surface area contributed by atoms with Crippen molar-refractivity contribution in [2.75, 3.05) is 6.54 Å². The number of hydrogen-bond donors (Lipinski definition) is 2. The summed E-state index contributed by atoms with van der Waals surface area (Å²) in [5.74, 6) is 0.194. The zero-order valence-electron chi connectivity index (χ0n) is 7.99. The Morgan fingerprint density at radius 1 is 1.57 bits per heavy atom. The van der Waals surface area contributed by atoms with Gasteiger partial charge in [-0.3, -0.25) is 4.79 Å². The Bertz CT molecular complexity index is 301. The van der Waals surface area contributed by atoms with E-state index in [9.17, 15) is 4.79 Å². The number of carbonyl (C=O) groups excluding carboxylic acids is 1. The first kappa shape index (κ1) is 11.0. The van der Waals surface area contributed by atoms with Crippen molar-refractivity contribution in [3.8, 4) is 0 Å². The maximum Gasteiger partial charge on any atom is 0.273 e. The number of rotatable bonds is 5. The quantitative estimate of drug-likeness (QED) is 0.563.